The summed E-state index contributed by atoms with van der Waals surface area (Å²) in [6.07, 6.45) is 2.01. The first-order valence-electron chi connectivity index (χ1n) is 5.90. The molecule has 0 amide bonds. The maximum Gasteiger partial charge on any atom is 0.110 e. The average molecular weight is 247 g/mol. The van der Waals surface area contributed by atoms with Crippen LogP contribution in [0.1, 0.15) is 32.1 Å². The molecule has 17 heavy (non-hydrogen) atoms. The first kappa shape index (κ1) is 12.0. The Morgan fingerprint density at radius 1 is 1.47 bits per heavy atom. The molecular formula is C13H17N3S. The van der Waals surface area contributed by atoms with Gasteiger partial charge in [-0.25, -0.2) is 4.98 Å². The van der Waals surface area contributed by atoms with Crippen molar-refractivity contribution in [3.05, 3.63) is 30.1 Å². The average Bonchev–Trinajstić information content (AvgIpc) is 2.66. The van der Waals surface area contributed by atoms with Gasteiger partial charge in [-0.3, -0.25) is 0 Å². The molecule has 2 N–H and O–H groups in total. The molecule has 0 spiro atoms. The van der Waals surface area contributed by atoms with Crippen LogP contribution in [-0.4, -0.2) is 14.5 Å². The van der Waals surface area contributed by atoms with E-state index in [2.05, 4.69) is 22.5 Å². The third kappa shape index (κ3) is 2.17. The van der Waals surface area contributed by atoms with Crippen molar-refractivity contribution in [3.8, 4) is 0 Å². The van der Waals surface area contributed by atoms with E-state index in [1.807, 2.05) is 25.1 Å². The van der Waals surface area contributed by atoms with Crippen molar-refractivity contribution in [2.75, 3.05) is 0 Å². The van der Waals surface area contributed by atoms with E-state index in [-0.39, 0.29) is 6.04 Å². The van der Waals surface area contributed by atoms with Gasteiger partial charge in [-0.1, -0.05) is 31.3 Å². The molecular weight excluding hydrogens is 230 g/mol. The van der Waals surface area contributed by atoms with Crippen molar-refractivity contribution in [1.82, 2.24) is 9.55 Å². The quantitative estimate of drug-likeness (QED) is 0.845. The number of benzene rings is 1. The second kappa shape index (κ2) is 4.84. The third-order valence-electron chi connectivity index (χ3n) is 2.94. The third-order valence-corrected chi connectivity index (χ3v) is 3.28. The Morgan fingerprint density at radius 2 is 2.18 bits per heavy atom. The maximum absolute atomic E-state index is 5.77. The fourth-order valence-corrected chi connectivity index (χ4v) is 2.16. The summed E-state index contributed by atoms with van der Waals surface area (Å²) < 4.78 is 2.15. The number of hydrogen-bond donors (Lipinski definition) is 1. The summed E-state index contributed by atoms with van der Waals surface area (Å²) >= 11 is 5.10. The molecule has 90 valence electrons. The van der Waals surface area contributed by atoms with E-state index < -0.39 is 0 Å². The van der Waals surface area contributed by atoms with Crippen LogP contribution in [0.15, 0.2) is 24.3 Å². The molecule has 2 rings (SSSR count). The summed E-state index contributed by atoms with van der Waals surface area (Å²) in [5, 5.41) is 0. The van der Waals surface area contributed by atoms with Gasteiger partial charge < -0.3 is 10.3 Å². The molecule has 1 unspecified atom stereocenters. The van der Waals surface area contributed by atoms with Crippen LogP contribution in [-0.2, 0) is 6.42 Å². The van der Waals surface area contributed by atoms with Gasteiger partial charge >= 0.3 is 0 Å². The zero-order valence-corrected chi connectivity index (χ0v) is 11.0. The predicted octanol–water partition coefficient (Wildman–Crippen LogP) is 2.84. The van der Waals surface area contributed by atoms with Gasteiger partial charge in [-0.2, -0.15) is 0 Å². The Bertz CT molecular complexity index is 545. The van der Waals surface area contributed by atoms with Crippen LogP contribution < -0.4 is 5.73 Å². The maximum atomic E-state index is 5.77. The van der Waals surface area contributed by atoms with E-state index in [1.54, 1.807) is 0 Å². The zero-order chi connectivity index (χ0) is 12.4. The minimum Gasteiger partial charge on any atom is -0.392 e. The van der Waals surface area contributed by atoms with E-state index in [1.165, 1.54) is 0 Å². The van der Waals surface area contributed by atoms with Gasteiger partial charge in [0.15, 0.2) is 0 Å². The van der Waals surface area contributed by atoms with E-state index in [0.29, 0.717) is 4.99 Å². The first-order chi connectivity index (χ1) is 8.15. The molecule has 4 heteroatoms. The van der Waals surface area contributed by atoms with E-state index >= 15 is 0 Å². The lowest BCUT2D eigenvalue weighted by atomic mass is 10.2. The standard InChI is InChI=1S/C13H17N3S/c1-3-6-12-15-10-7-4-5-8-11(10)16(12)9(2)13(14)17/h4-5,7-9H,3,6H2,1-2H3,(H2,14,17). The number of fused-ring (bicyclic) bond motifs is 1. The van der Waals surface area contributed by atoms with Crippen molar-refractivity contribution in [1.29, 1.82) is 0 Å². The fourth-order valence-electron chi connectivity index (χ4n) is 2.05. The SMILES string of the molecule is CCCc1nc2ccccc2n1C(C)C(N)=S. The lowest BCUT2D eigenvalue weighted by Crippen LogP contribution is -2.23. The number of aryl methyl sites for hydroxylation is 1. The minimum absolute atomic E-state index is 0.0129. The van der Waals surface area contributed by atoms with Crippen molar-refractivity contribution >= 4 is 28.2 Å². The molecule has 0 aliphatic carbocycles. The van der Waals surface area contributed by atoms with Crippen LogP contribution in [0.25, 0.3) is 11.0 Å². The molecule has 0 bridgehead atoms. The lowest BCUT2D eigenvalue weighted by molar-refractivity contribution is 0.657. The van der Waals surface area contributed by atoms with Crippen molar-refractivity contribution < 1.29 is 0 Å². The highest BCUT2D eigenvalue weighted by molar-refractivity contribution is 7.80. The van der Waals surface area contributed by atoms with Crippen LogP contribution in [0.3, 0.4) is 0 Å². The summed E-state index contributed by atoms with van der Waals surface area (Å²) in [6.45, 7) is 4.17. The number of nitrogens with two attached hydrogens (primary N) is 1. The van der Waals surface area contributed by atoms with E-state index in [4.69, 9.17) is 18.0 Å². The molecule has 0 saturated heterocycles. The Morgan fingerprint density at radius 3 is 2.82 bits per heavy atom. The number of nitrogens with zero attached hydrogens (tertiary/aromatic N) is 2. The van der Waals surface area contributed by atoms with Gasteiger partial charge in [-0.05, 0) is 25.5 Å². The lowest BCUT2D eigenvalue weighted by Gasteiger charge is -2.16. The summed E-state index contributed by atoms with van der Waals surface area (Å²) in [6, 6.07) is 8.12. The molecule has 1 atom stereocenters. The molecule has 3 nitrogen and oxygen atoms in total. The minimum atomic E-state index is 0.0129. The number of rotatable bonds is 4. The van der Waals surface area contributed by atoms with Crippen molar-refractivity contribution in [2.24, 2.45) is 5.73 Å². The fraction of sp³-hybridized carbons (Fsp3) is 0.385. The van der Waals surface area contributed by atoms with E-state index in [9.17, 15) is 0 Å². The predicted molar refractivity (Wildman–Crippen MR) is 75.2 cm³/mol. The van der Waals surface area contributed by atoms with Crippen molar-refractivity contribution in [3.63, 3.8) is 0 Å². The van der Waals surface area contributed by atoms with Crippen molar-refractivity contribution in [2.45, 2.75) is 32.7 Å². The summed E-state index contributed by atoms with van der Waals surface area (Å²) in [5.41, 5.74) is 7.89. The number of para-hydroxylation sites is 2. The van der Waals surface area contributed by atoms with E-state index in [0.717, 1.165) is 29.7 Å². The Hall–Kier alpha value is -1.42. The highest BCUT2D eigenvalue weighted by atomic mass is 32.1. The monoisotopic (exact) mass is 247 g/mol. The van der Waals surface area contributed by atoms with Gasteiger partial charge in [0.05, 0.1) is 22.1 Å². The van der Waals surface area contributed by atoms with Crippen LogP contribution in [0.5, 0.6) is 0 Å². The normalized spacial score (nSPS) is 12.8. The Kier molecular flexibility index (Phi) is 3.43. The largest absolute Gasteiger partial charge is 0.392 e. The molecule has 0 saturated carbocycles. The molecule has 0 aliphatic heterocycles. The Labute approximate surface area is 107 Å². The molecule has 0 fully saturated rings. The number of aromatic nitrogens is 2. The summed E-state index contributed by atoms with van der Waals surface area (Å²) in [7, 11) is 0. The molecule has 1 heterocycles. The second-order valence-corrected chi connectivity index (χ2v) is 4.69. The summed E-state index contributed by atoms with van der Waals surface area (Å²) in [5.74, 6) is 1.06. The van der Waals surface area contributed by atoms with Crippen LogP contribution in [0.2, 0.25) is 0 Å². The number of hydrogen-bond acceptors (Lipinski definition) is 2. The first-order valence-corrected chi connectivity index (χ1v) is 6.31. The highest BCUT2D eigenvalue weighted by Crippen LogP contribution is 2.22. The van der Waals surface area contributed by atoms with Crippen LogP contribution >= 0.6 is 12.2 Å². The van der Waals surface area contributed by atoms with Gasteiger partial charge in [0.1, 0.15) is 5.82 Å². The van der Waals surface area contributed by atoms with Gasteiger partial charge in [0.25, 0.3) is 0 Å². The van der Waals surface area contributed by atoms with Gasteiger partial charge in [0, 0.05) is 6.42 Å². The van der Waals surface area contributed by atoms with Crippen LogP contribution in [0, 0.1) is 0 Å². The second-order valence-electron chi connectivity index (χ2n) is 4.22. The number of imidazole rings is 1. The van der Waals surface area contributed by atoms with Gasteiger partial charge in [0.2, 0.25) is 0 Å². The molecule has 1 aromatic heterocycles. The number of thiocarbonyl (C=S) groups is 1. The Balaban J connectivity index is 2.63. The molecule has 2 aromatic rings. The zero-order valence-electron chi connectivity index (χ0n) is 10.2. The topological polar surface area (TPSA) is 43.8 Å². The molecule has 1 aromatic carbocycles. The smallest absolute Gasteiger partial charge is 0.110 e. The molecule has 0 radical (unpaired) electrons. The van der Waals surface area contributed by atoms with Gasteiger partial charge in [-0.15, -0.1) is 0 Å². The van der Waals surface area contributed by atoms with Crippen LogP contribution in [0.4, 0.5) is 0 Å². The summed E-state index contributed by atoms with van der Waals surface area (Å²) in [4.78, 5) is 5.16. The highest BCUT2D eigenvalue weighted by Gasteiger charge is 2.16. The molecule has 0 aliphatic rings.